The molecule has 2 rings (SSSR count). The van der Waals surface area contributed by atoms with Gasteiger partial charge in [-0.2, -0.15) is 0 Å². The number of ether oxygens (including phenoxy) is 1. The number of hydrogen-bond acceptors (Lipinski definition) is 4. The fraction of sp³-hybridized carbons (Fsp3) is 0.200. The average Bonchev–Trinajstić information content (AvgIpc) is 2.84. The number of carbonyl (C=O) groups is 1. The molecule has 96 valence electrons. The van der Waals surface area contributed by atoms with Crippen molar-refractivity contribution < 1.29 is 27.9 Å². The molecule has 1 heterocycles. The van der Waals surface area contributed by atoms with Gasteiger partial charge in [0.1, 0.15) is 6.61 Å². The van der Waals surface area contributed by atoms with Crippen molar-refractivity contribution in [1.29, 1.82) is 0 Å². The quantitative estimate of drug-likeness (QED) is 0.468. The number of benzene rings is 1. The number of halogens is 3. The molecule has 1 aromatic rings. The molecule has 5 nitrogen and oxygen atoms in total. The van der Waals surface area contributed by atoms with Crippen LogP contribution in [0.4, 0.5) is 13.2 Å². The minimum absolute atomic E-state index is 0.125. The summed E-state index contributed by atoms with van der Waals surface area (Å²) in [6.07, 6.45) is 0. The number of carbonyl (C=O) groups excluding carboxylic acids is 1. The Labute approximate surface area is 98.9 Å². The molecule has 0 bridgehead atoms. The second-order valence-electron chi connectivity index (χ2n) is 3.49. The second-order valence-corrected chi connectivity index (χ2v) is 3.49. The summed E-state index contributed by atoms with van der Waals surface area (Å²) in [5, 5.41) is 8.38. The van der Waals surface area contributed by atoms with E-state index in [1.807, 2.05) is 0 Å². The Balaban J connectivity index is 2.31. The van der Waals surface area contributed by atoms with Gasteiger partial charge in [0, 0.05) is 5.56 Å². The van der Waals surface area contributed by atoms with E-state index in [9.17, 15) is 18.0 Å². The molecule has 18 heavy (non-hydrogen) atoms. The molecule has 2 N–H and O–H groups in total. The fourth-order valence-corrected chi connectivity index (χ4v) is 1.42. The maximum absolute atomic E-state index is 13.0. The van der Waals surface area contributed by atoms with Crippen molar-refractivity contribution in [1.82, 2.24) is 5.48 Å². The molecular formula is C10H7F3N2O3. The van der Waals surface area contributed by atoms with Gasteiger partial charge in [0.05, 0.1) is 0 Å². The lowest BCUT2D eigenvalue weighted by molar-refractivity contribution is -0.130. The summed E-state index contributed by atoms with van der Waals surface area (Å²) >= 11 is 0. The predicted octanol–water partition coefficient (Wildman–Crippen LogP) is 0.755. The van der Waals surface area contributed by atoms with E-state index in [-0.39, 0.29) is 18.1 Å². The minimum atomic E-state index is -1.60. The van der Waals surface area contributed by atoms with Crippen LogP contribution < -0.4 is 5.48 Å². The Morgan fingerprint density at radius 2 is 2.00 bits per heavy atom. The molecule has 0 fully saturated rings. The molecule has 0 spiro atoms. The number of nitrogens with one attached hydrogen (secondary N) is 1. The predicted molar refractivity (Wildman–Crippen MR) is 52.5 cm³/mol. The zero-order chi connectivity index (χ0) is 13.3. The number of amides is 1. The third-order valence-electron chi connectivity index (χ3n) is 2.29. The summed E-state index contributed by atoms with van der Waals surface area (Å²) in [7, 11) is 0. The van der Waals surface area contributed by atoms with Crippen LogP contribution in [-0.4, -0.2) is 29.7 Å². The molecule has 0 aromatic heterocycles. The molecule has 1 amide bonds. The van der Waals surface area contributed by atoms with Gasteiger partial charge in [-0.25, -0.2) is 23.6 Å². The van der Waals surface area contributed by atoms with Crippen molar-refractivity contribution in [3.8, 4) is 0 Å². The Hall–Kier alpha value is -2.09. The molecule has 8 heteroatoms. The van der Waals surface area contributed by atoms with Crippen LogP contribution in [0.1, 0.15) is 5.56 Å². The summed E-state index contributed by atoms with van der Waals surface area (Å²) < 4.78 is 43.6. The Bertz CT molecular complexity index is 510. The highest BCUT2D eigenvalue weighted by Gasteiger charge is 2.27. The van der Waals surface area contributed by atoms with Crippen LogP contribution in [0.25, 0.3) is 0 Å². The molecule has 0 saturated carbocycles. The lowest BCUT2D eigenvalue weighted by Crippen LogP contribution is -2.31. The van der Waals surface area contributed by atoms with Gasteiger partial charge in [-0.05, 0) is 12.1 Å². The topological polar surface area (TPSA) is 70.9 Å². The van der Waals surface area contributed by atoms with Gasteiger partial charge in [-0.3, -0.25) is 10.0 Å². The first-order chi connectivity index (χ1) is 8.52. The van der Waals surface area contributed by atoms with Crippen LogP contribution in [0.15, 0.2) is 17.1 Å². The normalized spacial score (nSPS) is 18.2. The molecule has 0 saturated heterocycles. The first-order valence-corrected chi connectivity index (χ1v) is 4.82. The SMILES string of the molecule is O=C(NO)[C@H]1COC(c2cc(F)c(F)c(F)c2)=N1. The standard InChI is InChI=1S/C10H7F3N2O3/c11-5-1-4(2-6(12)8(5)13)10-14-7(3-18-10)9(16)15-17/h1-2,7,17H,3H2,(H,15,16)/t7-/m1/s1. The molecule has 1 aromatic carbocycles. The largest absolute Gasteiger partial charge is 0.475 e. The smallest absolute Gasteiger partial charge is 0.271 e. The van der Waals surface area contributed by atoms with E-state index in [1.165, 1.54) is 5.48 Å². The molecular weight excluding hydrogens is 253 g/mol. The average molecular weight is 260 g/mol. The van der Waals surface area contributed by atoms with Crippen molar-refractivity contribution >= 4 is 11.8 Å². The van der Waals surface area contributed by atoms with Crippen LogP contribution in [0.2, 0.25) is 0 Å². The zero-order valence-corrected chi connectivity index (χ0v) is 8.78. The van der Waals surface area contributed by atoms with Crippen LogP contribution >= 0.6 is 0 Å². The van der Waals surface area contributed by atoms with E-state index in [0.717, 1.165) is 0 Å². The van der Waals surface area contributed by atoms with Gasteiger partial charge in [0.15, 0.2) is 23.5 Å². The number of nitrogens with zero attached hydrogens (tertiary/aromatic N) is 1. The van der Waals surface area contributed by atoms with Gasteiger partial charge < -0.3 is 4.74 Å². The first-order valence-electron chi connectivity index (χ1n) is 4.82. The Morgan fingerprint density at radius 1 is 1.39 bits per heavy atom. The van der Waals surface area contributed by atoms with Crippen molar-refractivity contribution in [2.75, 3.05) is 6.61 Å². The highest BCUT2D eigenvalue weighted by Crippen LogP contribution is 2.18. The van der Waals surface area contributed by atoms with E-state index in [2.05, 4.69) is 4.99 Å². The van der Waals surface area contributed by atoms with Crippen LogP contribution in [0.3, 0.4) is 0 Å². The zero-order valence-electron chi connectivity index (χ0n) is 8.78. The van der Waals surface area contributed by atoms with Gasteiger partial charge in [-0.1, -0.05) is 0 Å². The summed E-state index contributed by atoms with van der Waals surface area (Å²) in [6, 6.07) is 0.397. The van der Waals surface area contributed by atoms with Gasteiger partial charge in [-0.15, -0.1) is 0 Å². The molecule has 1 atom stereocenters. The minimum Gasteiger partial charge on any atom is -0.475 e. The number of hydrogen-bond donors (Lipinski definition) is 2. The van der Waals surface area contributed by atoms with Crippen LogP contribution in [0.5, 0.6) is 0 Å². The van der Waals surface area contributed by atoms with E-state index in [1.54, 1.807) is 0 Å². The number of aliphatic imine (C=N–C) groups is 1. The van der Waals surface area contributed by atoms with Crippen LogP contribution in [-0.2, 0) is 9.53 Å². The molecule has 0 radical (unpaired) electrons. The molecule has 0 aliphatic carbocycles. The van der Waals surface area contributed by atoms with Gasteiger partial charge in [0.2, 0.25) is 5.90 Å². The molecule has 1 aliphatic heterocycles. The lowest BCUT2D eigenvalue weighted by atomic mass is 10.2. The van der Waals surface area contributed by atoms with Gasteiger partial charge in [0.25, 0.3) is 5.91 Å². The number of hydroxylamine groups is 1. The van der Waals surface area contributed by atoms with Crippen LogP contribution in [0, 0.1) is 17.5 Å². The Kier molecular flexibility index (Phi) is 3.19. The fourth-order valence-electron chi connectivity index (χ4n) is 1.42. The van der Waals surface area contributed by atoms with Gasteiger partial charge >= 0.3 is 0 Å². The van der Waals surface area contributed by atoms with E-state index >= 15 is 0 Å². The highest BCUT2D eigenvalue weighted by molar-refractivity contribution is 5.98. The van der Waals surface area contributed by atoms with Crippen molar-refractivity contribution in [2.24, 2.45) is 4.99 Å². The van der Waals surface area contributed by atoms with E-state index < -0.39 is 29.4 Å². The third-order valence-corrected chi connectivity index (χ3v) is 2.29. The lowest BCUT2D eigenvalue weighted by Gasteiger charge is -2.02. The van der Waals surface area contributed by atoms with Crippen molar-refractivity contribution in [3.05, 3.63) is 35.1 Å². The molecule has 0 unspecified atom stereocenters. The monoisotopic (exact) mass is 260 g/mol. The summed E-state index contributed by atoms with van der Waals surface area (Å²) in [5.74, 6) is -5.37. The van der Waals surface area contributed by atoms with E-state index in [4.69, 9.17) is 9.94 Å². The van der Waals surface area contributed by atoms with E-state index in [0.29, 0.717) is 12.1 Å². The highest BCUT2D eigenvalue weighted by atomic mass is 19.2. The first kappa shape index (κ1) is 12.4. The third kappa shape index (κ3) is 2.14. The van der Waals surface area contributed by atoms with Crippen molar-refractivity contribution in [3.63, 3.8) is 0 Å². The Morgan fingerprint density at radius 3 is 2.56 bits per heavy atom. The van der Waals surface area contributed by atoms with Crippen molar-refractivity contribution in [2.45, 2.75) is 6.04 Å². The second kappa shape index (κ2) is 4.65. The number of rotatable bonds is 2. The summed E-state index contributed by atoms with van der Waals surface area (Å²) in [5.41, 5.74) is 1.25. The summed E-state index contributed by atoms with van der Waals surface area (Å²) in [6.45, 7) is -0.178. The molecule has 1 aliphatic rings. The maximum Gasteiger partial charge on any atom is 0.271 e. The summed E-state index contributed by atoms with van der Waals surface area (Å²) in [4.78, 5) is 14.7. The maximum atomic E-state index is 13.0.